The van der Waals surface area contributed by atoms with E-state index in [0.717, 1.165) is 205 Å². The lowest BCUT2D eigenvalue weighted by atomic mass is 10.1. The van der Waals surface area contributed by atoms with Crippen molar-refractivity contribution in [2.45, 2.75) is 257 Å². The third-order valence-corrected chi connectivity index (χ3v) is 15.1. The van der Waals surface area contributed by atoms with E-state index in [0.29, 0.717) is 23.9 Å². The van der Waals surface area contributed by atoms with Crippen LogP contribution in [0.5, 0.6) is 0 Å². The summed E-state index contributed by atoms with van der Waals surface area (Å²) in [7, 11) is 5.95. The maximum Gasteiger partial charge on any atom is 0.361 e. The second kappa shape index (κ2) is 76.8. The third-order valence-electron chi connectivity index (χ3n) is 15.1. The normalized spacial score (nSPS) is 14.1. The Morgan fingerprint density at radius 2 is 0.545 bits per heavy atom. The molecule has 550 valence electrons. The number of carboxylic acid groups (broad SMARTS) is 1. The van der Waals surface area contributed by atoms with Gasteiger partial charge in [-0.15, -0.1) is 0 Å². The van der Waals surface area contributed by atoms with Crippen LogP contribution >= 0.6 is 0 Å². The summed E-state index contributed by atoms with van der Waals surface area (Å²) in [5, 5.41) is 9.77. The number of allylic oxidation sites excluding steroid dienone is 40. The summed E-state index contributed by atoms with van der Waals surface area (Å²) in [6.45, 7) is 4.58. The first-order valence-electron chi connectivity index (χ1n) is 38.2. The molecule has 0 fully saturated rings. The molecule has 9 heteroatoms. The number of ether oxygens (including phenoxy) is 4. The predicted molar refractivity (Wildman–Crippen MR) is 427 cm³/mol. The van der Waals surface area contributed by atoms with Gasteiger partial charge in [0.05, 0.1) is 34.4 Å². The Balaban J connectivity index is 4.26. The molecule has 0 saturated carbocycles. The van der Waals surface area contributed by atoms with Gasteiger partial charge in [-0.05, 0) is 167 Å². The largest absolute Gasteiger partial charge is 0.477 e. The summed E-state index contributed by atoms with van der Waals surface area (Å²) in [5.74, 6) is -2.07. The molecule has 2 unspecified atom stereocenters. The summed E-state index contributed by atoms with van der Waals surface area (Å²) in [6, 6.07) is 0. The van der Waals surface area contributed by atoms with Crippen LogP contribution < -0.4 is 0 Å². The number of carbonyl (C=O) groups is 3. The molecule has 0 bridgehead atoms. The standard InChI is InChI=1S/C90H137NO8/c1-6-8-10-12-14-16-18-20-22-24-26-28-30-32-34-36-38-40-42-44-46-48-50-52-54-56-58-60-62-64-66-68-70-72-74-76-78-80-87(92)97-84-86(85-98-90(89(94)95)96-83-82-91(3,4)5)99-88(93)81-79-77-75-73-71-69-67-65-63-61-59-57-55-53-51-49-47-45-43-41-39-37-35-33-31-29-27-25-23-21-19-17-15-13-11-9-7-2/h8-11,14-17,20-23,26-29,32-35,38-41,44-47,50-53,56-59,62-65,86,90H,6-7,12-13,18-19,24-25,30-31,36-37,42-43,48-49,54-55,60-61,66-85H2,1-5H3/p+1/b10-8-,11-9-,16-14-,17-15-,22-20-,23-21-,28-26-,29-27-,34-32-,35-33-,40-38-,41-39-,46-44-,47-45-,52-50-,53-51-,58-56-,59-57-,64-62-,65-63-. The zero-order valence-electron chi connectivity index (χ0n) is 62.8. The van der Waals surface area contributed by atoms with Gasteiger partial charge in [0.2, 0.25) is 0 Å². The first-order chi connectivity index (χ1) is 48.6. The van der Waals surface area contributed by atoms with E-state index in [1.54, 1.807) is 0 Å². The minimum Gasteiger partial charge on any atom is -0.477 e. The van der Waals surface area contributed by atoms with Crippen LogP contribution in [-0.4, -0.2) is 87.4 Å². The van der Waals surface area contributed by atoms with Gasteiger partial charge in [0, 0.05) is 12.8 Å². The molecule has 0 spiro atoms. The Kier molecular flexibility index (Phi) is 71.5. The topological polar surface area (TPSA) is 108 Å². The van der Waals surface area contributed by atoms with Crippen molar-refractivity contribution in [2.75, 3.05) is 47.5 Å². The van der Waals surface area contributed by atoms with Crippen molar-refractivity contribution in [2.24, 2.45) is 0 Å². The van der Waals surface area contributed by atoms with Crippen molar-refractivity contribution in [3.63, 3.8) is 0 Å². The molecule has 0 amide bonds. The van der Waals surface area contributed by atoms with Gasteiger partial charge < -0.3 is 28.5 Å². The second-order valence-corrected chi connectivity index (χ2v) is 25.5. The number of unbranched alkanes of at least 4 members (excludes halogenated alkanes) is 12. The van der Waals surface area contributed by atoms with Gasteiger partial charge in [-0.1, -0.05) is 308 Å². The minimum absolute atomic E-state index is 0.168. The number of carboxylic acids is 1. The molecule has 2 atom stereocenters. The zero-order chi connectivity index (χ0) is 71.8. The van der Waals surface area contributed by atoms with Gasteiger partial charge in [-0.2, -0.15) is 0 Å². The van der Waals surface area contributed by atoms with Crippen LogP contribution in [-0.2, 0) is 33.3 Å². The number of nitrogens with zero attached hydrogens (tertiary/aromatic N) is 1. The zero-order valence-corrected chi connectivity index (χ0v) is 62.8. The number of rotatable bonds is 67. The molecule has 99 heavy (non-hydrogen) atoms. The Morgan fingerprint density at radius 1 is 0.303 bits per heavy atom. The highest BCUT2D eigenvalue weighted by atomic mass is 16.7. The monoisotopic (exact) mass is 1360 g/mol. The maximum absolute atomic E-state index is 13.0. The van der Waals surface area contributed by atoms with E-state index in [2.05, 4.69) is 257 Å². The van der Waals surface area contributed by atoms with Crippen LogP contribution in [0.2, 0.25) is 0 Å². The average molecular weight is 1360 g/mol. The molecule has 0 aromatic rings. The van der Waals surface area contributed by atoms with Gasteiger partial charge in [-0.3, -0.25) is 9.59 Å². The summed E-state index contributed by atoms with van der Waals surface area (Å²) < 4.78 is 23.0. The van der Waals surface area contributed by atoms with Gasteiger partial charge >= 0.3 is 17.9 Å². The molecular formula is C90H138NO8+. The Morgan fingerprint density at radius 3 is 0.808 bits per heavy atom. The van der Waals surface area contributed by atoms with E-state index in [-0.39, 0.29) is 38.6 Å². The van der Waals surface area contributed by atoms with Crippen molar-refractivity contribution in [1.82, 2.24) is 0 Å². The van der Waals surface area contributed by atoms with Gasteiger partial charge in [0.25, 0.3) is 6.29 Å². The molecule has 0 radical (unpaired) electrons. The predicted octanol–water partition coefficient (Wildman–Crippen LogP) is 24.8. The molecule has 0 aliphatic heterocycles. The molecule has 0 saturated heterocycles. The van der Waals surface area contributed by atoms with Gasteiger partial charge in [0.1, 0.15) is 13.2 Å². The first kappa shape index (κ1) is 92.1. The van der Waals surface area contributed by atoms with E-state index < -0.39 is 24.3 Å². The Bertz CT molecular complexity index is 2540. The van der Waals surface area contributed by atoms with Crippen LogP contribution in [0.4, 0.5) is 0 Å². The molecule has 0 aliphatic carbocycles. The Labute approximate surface area is 605 Å². The van der Waals surface area contributed by atoms with E-state index in [1.165, 1.54) is 0 Å². The average Bonchev–Trinajstić information content (AvgIpc) is 1.41. The second-order valence-electron chi connectivity index (χ2n) is 25.5. The van der Waals surface area contributed by atoms with Crippen molar-refractivity contribution in [3.8, 4) is 0 Å². The molecule has 0 aromatic carbocycles. The number of carbonyl (C=O) groups excluding carboxylic acids is 2. The number of esters is 2. The quantitative estimate of drug-likeness (QED) is 0.0211. The molecule has 9 nitrogen and oxygen atoms in total. The summed E-state index contributed by atoms with van der Waals surface area (Å²) in [4.78, 5) is 37.7. The number of hydrogen-bond acceptors (Lipinski definition) is 7. The highest BCUT2D eigenvalue weighted by molar-refractivity contribution is 5.71. The highest BCUT2D eigenvalue weighted by Crippen LogP contribution is 2.14. The fraction of sp³-hybridized carbons (Fsp3) is 0.522. The number of likely N-dealkylation sites (N-methyl/N-ethyl adjacent to an activating group) is 1. The lowest BCUT2D eigenvalue weighted by molar-refractivity contribution is -0.870. The summed E-state index contributed by atoms with van der Waals surface area (Å²) in [5.41, 5.74) is 0. The molecule has 0 rings (SSSR count). The lowest BCUT2D eigenvalue weighted by Gasteiger charge is -2.25. The molecule has 1 N–H and O–H groups in total. The highest BCUT2D eigenvalue weighted by Gasteiger charge is 2.25. The maximum atomic E-state index is 13.0. The summed E-state index contributed by atoms with van der Waals surface area (Å²) >= 11 is 0. The van der Waals surface area contributed by atoms with Crippen LogP contribution in [0.15, 0.2) is 243 Å². The van der Waals surface area contributed by atoms with E-state index in [9.17, 15) is 19.5 Å². The number of aliphatic carboxylic acids is 1. The van der Waals surface area contributed by atoms with Gasteiger partial charge in [0.15, 0.2) is 6.10 Å². The van der Waals surface area contributed by atoms with Gasteiger partial charge in [-0.25, -0.2) is 4.79 Å². The Hall–Kier alpha value is -6.91. The molecule has 0 aliphatic rings. The van der Waals surface area contributed by atoms with Crippen LogP contribution in [0.3, 0.4) is 0 Å². The summed E-state index contributed by atoms with van der Waals surface area (Å²) in [6.07, 6.45) is 121. The molecule has 0 aromatic heterocycles. The van der Waals surface area contributed by atoms with E-state index in [4.69, 9.17) is 18.9 Å². The third kappa shape index (κ3) is 78.3. The minimum atomic E-state index is -1.54. The first-order valence-corrected chi connectivity index (χ1v) is 38.2. The van der Waals surface area contributed by atoms with Crippen LogP contribution in [0, 0.1) is 0 Å². The molecule has 0 heterocycles. The SMILES string of the molecule is CC/C=C\C/C=C\C/C=C\C/C=C\C/C=C\C/C=C\C/C=C\C/C=C\C/C=C\C/C=C\CCCCCCCCC(=O)OCC(COC(OCC[N+](C)(C)C)C(=O)O)OC(=O)CCCCCCCC/C=C\C/C=C\C/C=C\C/C=C\C/C=C\C/C=C\C/C=C\C/C=C\C/C=C\C/C=C\CC. The van der Waals surface area contributed by atoms with E-state index in [1.807, 2.05) is 21.1 Å². The number of hydrogen-bond donors (Lipinski definition) is 1. The van der Waals surface area contributed by atoms with Crippen LogP contribution in [0.1, 0.15) is 245 Å². The van der Waals surface area contributed by atoms with Crippen molar-refractivity contribution in [1.29, 1.82) is 0 Å². The number of quaternary nitrogens is 1. The van der Waals surface area contributed by atoms with Crippen molar-refractivity contribution in [3.05, 3.63) is 243 Å². The van der Waals surface area contributed by atoms with Crippen LogP contribution in [0.25, 0.3) is 0 Å². The lowest BCUT2D eigenvalue weighted by Crippen LogP contribution is -2.40. The van der Waals surface area contributed by atoms with Crippen molar-refractivity contribution < 1.29 is 42.9 Å². The molecular weight excluding hydrogens is 1220 g/mol. The fourth-order valence-corrected chi connectivity index (χ4v) is 9.36. The smallest absolute Gasteiger partial charge is 0.361 e. The van der Waals surface area contributed by atoms with E-state index >= 15 is 0 Å². The fourth-order valence-electron chi connectivity index (χ4n) is 9.36. The van der Waals surface area contributed by atoms with Crippen molar-refractivity contribution >= 4 is 17.9 Å².